The molecule has 1 heterocycles. The van der Waals surface area contributed by atoms with E-state index < -0.39 is 23.6 Å². The highest BCUT2D eigenvalue weighted by atomic mass is 19.1. The molecule has 2 unspecified atom stereocenters. The molecule has 2 aromatic rings. The second-order valence-electron chi connectivity index (χ2n) is 6.28. The van der Waals surface area contributed by atoms with Gasteiger partial charge in [-0.1, -0.05) is 30.3 Å². The van der Waals surface area contributed by atoms with Gasteiger partial charge < -0.3 is 14.8 Å². The SMILES string of the molecule is CC(OCC1CCCO1)C(=O)Nc1c(F)cc(F)cc1-c1ccccc1. The second kappa shape index (κ2) is 8.38. The molecule has 0 aromatic heterocycles. The molecule has 6 heteroatoms. The van der Waals surface area contributed by atoms with Gasteiger partial charge in [0.2, 0.25) is 0 Å². The van der Waals surface area contributed by atoms with Crippen molar-refractivity contribution in [2.24, 2.45) is 0 Å². The van der Waals surface area contributed by atoms with Crippen LogP contribution in [-0.2, 0) is 14.3 Å². The molecule has 1 fully saturated rings. The van der Waals surface area contributed by atoms with Gasteiger partial charge in [-0.3, -0.25) is 4.79 Å². The maximum absolute atomic E-state index is 14.3. The molecular weight excluding hydrogens is 340 g/mol. The maximum Gasteiger partial charge on any atom is 0.253 e. The molecule has 3 rings (SSSR count). The quantitative estimate of drug-likeness (QED) is 0.841. The first-order chi connectivity index (χ1) is 12.5. The Morgan fingerprint density at radius 1 is 1.31 bits per heavy atom. The summed E-state index contributed by atoms with van der Waals surface area (Å²) in [5.41, 5.74) is 0.826. The van der Waals surface area contributed by atoms with E-state index in [1.807, 2.05) is 0 Å². The number of anilines is 1. The van der Waals surface area contributed by atoms with Crippen LogP contribution in [0.1, 0.15) is 19.8 Å². The lowest BCUT2D eigenvalue weighted by atomic mass is 10.0. The van der Waals surface area contributed by atoms with E-state index in [0.717, 1.165) is 18.9 Å². The van der Waals surface area contributed by atoms with Crippen molar-refractivity contribution in [1.82, 2.24) is 0 Å². The highest BCUT2D eigenvalue weighted by Gasteiger charge is 2.22. The Morgan fingerprint density at radius 3 is 2.77 bits per heavy atom. The summed E-state index contributed by atoms with van der Waals surface area (Å²) in [5.74, 6) is -2.03. The molecule has 1 saturated heterocycles. The van der Waals surface area contributed by atoms with Crippen molar-refractivity contribution in [2.75, 3.05) is 18.5 Å². The first kappa shape index (κ1) is 18.5. The van der Waals surface area contributed by atoms with Gasteiger partial charge in [0.25, 0.3) is 5.91 Å². The van der Waals surface area contributed by atoms with E-state index in [2.05, 4.69) is 5.32 Å². The zero-order valence-corrected chi connectivity index (χ0v) is 14.5. The number of nitrogens with one attached hydrogen (secondary N) is 1. The zero-order chi connectivity index (χ0) is 18.5. The fraction of sp³-hybridized carbons (Fsp3) is 0.350. The number of hydrogen-bond donors (Lipinski definition) is 1. The average molecular weight is 361 g/mol. The van der Waals surface area contributed by atoms with Gasteiger partial charge in [0.1, 0.15) is 17.7 Å². The van der Waals surface area contributed by atoms with Crippen LogP contribution < -0.4 is 5.32 Å². The molecule has 1 amide bonds. The van der Waals surface area contributed by atoms with Crippen LogP contribution in [0, 0.1) is 11.6 Å². The van der Waals surface area contributed by atoms with Crippen molar-refractivity contribution >= 4 is 11.6 Å². The van der Waals surface area contributed by atoms with Gasteiger partial charge in [0.05, 0.1) is 18.4 Å². The molecule has 1 N–H and O–H groups in total. The van der Waals surface area contributed by atoms with Gasteiger partial charge >= 0.3 is 0 Å². The molecular formula is C20H21F2NO3. The zero-order valence-electron chi connectivity index (χ0n) is 14.5. The molecule has 4 nitrogen and oxygen atoms in total. The number of halogens is 2. The Labute approximate surface area is 151 Å². The summed E-state index contributed by atoms with van der Waals surface area (Å²) >= 11 is 0. The highest BCUT2D eigenvalue weighted by molar-refractivity contribution is 5.98. The van der Waals surface area contributed by atoms with Gasteiger partial charge in [-0.15, -0.1) is 0 Å². The number of carbonyl (C=O) groups is 1. The molecule has 1 aliphatic rings. The Kier molecular flexibility index (Phi) is 5.96. The summed E-state index contributed by atoms with van der Waals surface area (Å²) in [6.45, 7) is 2.61. The van der Waals surface area contributed by atoms with Gasteiger partial charge in [-0.2, -0.15) is 0 Å². The van der Waals surface area contributed by atoms with Gasteiger partial charge in [0.15, 0.2) is 0 Å². The van der Waals surface area contributed by atoms with Crippen molar-refractivity contribution in [2.45, 2.75) is 32.0 Å². The minimum Gasteiger partial charge on any atom is -0.376 e. The molecule has 2 atom stereocenters. The van der Waals surface area contributed by atoms with Crippen LogP contribution in [0.5, 0.6) is 0 Å². The second-order valence-corrected chi connectivity index (χ2v) is 6.28. The Hall–Kier alpha value is -2.31. The standard InChI is InChI=1S/C20H21F2NO3/c1-13(26-12-16-8-5-9-25-16)20(24)23-19-17(10-15(21)11-18(19)22)14-6-3-2-4-7-14/h2-4,6-7,10-11,13,16H,5,8-9,12H2,1H3,(H,23,24). The summed E-state index contributed by atoms with van der Waals surface area (Å²) < 4.78 is 39.0. The van der Waals surface area contributed by atoms with Crippen molar-refractivity contribution in [3.8, 4) is 11.1 Å². The fourth-order valence-electron chi connectivity index (χ4n) is 2.87. The van der Waals surface area contributed by atoms with Crippen LogP contribution in [-0.4, -0.2) is 31.3 Å². The number of amides is 1. The highest BCUT2D eigenvalue weighted by Crippen LogP contribution is 2.31. The predicted octanol–water partition coefficient (Wildman–Crippen LogP) is 4.15. The topological polar surface area (TPSA) is 47.6 Å². The largest absolute Gasteiger partial charge is 0.376 e. The number of rotatable bonds is 6. The molecule has 2 aromatic carbocycles. The van der Waals surface area contributed by atoms with E-state index in [1.54, 1.807) is 37.3 Å². The van der Waals surface area contributed by atoms with E-state index >= 15 is 0 Å². The monoisotopic (exact) mass is 361 g/mol. The summed E-state index contributed by atoms with van der Waals surface area (Å²) in [6, 6.07) is 10.7. The Morgan fingerprint density at radius 2 is 2.08 bits per heavy atom. The fourth-order valence-corrected chi connectivity index (χ4v) is 2.87. The molecule has 26 heavy (non-hydrogen) atoms. The van der Waals surface area contributed by atoms with E-state index in [9.17, 15) is 13.6 Å². The summed E-state index contributed by atoms with van der Waals surface area (Å²) in [5, 5.41) is 2.53. The van der Waals surface area contributed by atoms with Crippen molar-refractivity contribution in [1.29, 1.82) is 0 Å². The number of ether oxygens (including phenoxy) is 2. The van der Waals surface area contributed by atoms with Crippen LogP contribution in [0.25, 0.3) is 11.1 Å². The first-order valence-electron chi connectivity index (χ1n) is 8.63. The van der Waals surface area contributed by atoms with Crippen molar-refractivity contribution in [3.63, 3.8) is 0 Å². The van der Waals surface area contributed by atoms with Crippen LogP contribution in [0.15, 0.2) is 42.5 Å². The van der Waals surface area contributed by atoms with Gasteiger partial charge in [0, 0.05) is 18.2 Å². The summed E-state index contributed by atoms with van der Waals surface area (Å²) in [4.78, 5) is 12.4. The normalized spacial score (nSPS) is 17.9. The summed E-state index contributed by atoms with van der Waals surface area (Å²) in [6.07, 6.45) is 1.09. The van der Waals surface area contributed by atoms with Gasteiger partial charge in [-0.05, 0) is 31.4 Å². The summed E-state index contributed by atoms with van der Waals surface area (Å²) in [7, 11) is 0. The lowest BCUT2D eigenvalue weighted by molar-refractivity contribution is -0.128. The average Bonchev–Trinajstić information content (AvgIpc) is 3.16. The molecule has 0 spiro atoms. The number of benzene rings is 2. The van der Waals surface area contributed by atoms with Crippen LogP contribution >= 0.6 is 0 Å². The number of hydrogen-bond acceptors (Lipinski definition) is 3. The van der Waals surface area contributed by atoms with Crippen LogP contribution in [0.4, 0.5) is 14.5 Å². The van der Waals surface area contributed by atoms with E-state index in [4.69, 9.17) is 9.47 Å². The van der Waals surface area contributed by atoms with Crippen LogP contribution in [0.2, 0.25) is 0 Å². The van der Waals surface area contributed by atoms with Crippen LogP contribution in [0.3, 0.4) is 0 Å². The van der Waals surface area contributed by atoms with Crippen molar-refractivity contribution in [3.05, 3.63) is 54.1 Å². The smallest absolute Gasteiger partial charge is 0.253 e. The van der Waals surface area contributed by atoms with E-state index in [-0.39, 0.29) is 17.4 Å². The number of carbonyl (C=O) groups excluding carboxylic acids is 1. The molecule has 1 aliphatic heterocycles. The van der Waals surface area contributed by atoms with Gasteiger partial charge in [-0.25, -0.2) is 8.78 Å². The first-order valence-corrected chi connectivity index (χ1v) is 8.63. The Balaban J connectivity index is 1.74. The molecule has 0 bridgehead atoms. The van der Waals surface area contributed by atoms with Crippen molar-refractivity contribution < 1.29 is 23.0 Å². The molecule has 0 radical (unpaired) electrons. The Bertz CT molecular complexity index is 761. The third-order valence-corrected chi connectivity index (χ3v) is 4.31. The lowest BCUT2D eigenvalue weighted by Crippen LogP contribution is -2.31. The van der Waals surface area contributed by atoms with E-state index in [1.165, 1.54) is 6.07 Å². The molecule has 0 aliphatic carbocycles. The third-order valence-electron chi connectivity index (χ3n) is 4.31. The lowest BCUT2D eigenvalue weighted by Gasteiger charge is -2.18. The molecule has 0 saturated carbocycles. The predicted molar refractivity (Wildman–Crippen MR) is 94.8 cm³/mol. The van der Waals surface area contributed by atoms with E-state index in [0.29, 0.717) is 18.8 Å². The minimum atomic E-state index is -0.830. The maximum atomic E-state index is 14.3. The molecule has 138 valence electrons. The minimum absolute atomic E-state index is 0.00677. The third kappa shape index (κ3) is 4.45.